The maximum absolute atomic E-state index is 15.5. The molecule has 0 radical (unpaired) electrons. The Bertz CT molecular complexity index is 2390. The van der Waals surface area contributed by atoms with Crippen LogP contribution in [0.1, 0.15) is 40.5 Å². The lowest BCUT2D eigenvalue weighted by atomic mass is 9.67. The van der Waals surface area contributed by atoms with Crippen molar-refractivity contribution in [3.05, 3.63) is 107 Å². The van der Waals surface area contributed by atoms with E-state index in [-0.39, 0.29) is 51.8 Å². The number of nitrogens with zero attached hydrogens (tertiary/aromatic N) is 2. The number of carbonyl (C=O) groups excluding carboxylic acids is 4. The smallest absolute Gasteiger partial charge is 0.250 e. The lowest BCUT2D eigenvalue weighted by Gasteiger charge is -2.37. The lowest BCUT2D eigenvalue weighted by molar-refractivity contribution is -0.139. The van der Waals surface area contributed by atoms with Crippen LogP contribution in [0.4, 0.5) is 11.4 Å². The number of fused-ring (bicyclic) bond motifs is 8. The molecule has 4 N–H and O–H groups in total. The van der Waals surface area contributed by atoms with Crippen molar-refractivity contribution in [2.45, 2.75) is 40.8 Å². The zero-order valence-electron chi connectivity index (χ0n) is 31.1. The molecule has 0 aromatic heterocycles. The summed E-state index contributed by atoms with van der Waals surface area (Å²) in [6, 6.07) is 24.6. The summed E-state index contributed by atoms with van der Waals surface area (Å²) in [7, 11) is 2.92. The fourth-order valence-corrected chi connectivity index (χ4v) is 13.9. The number of para-hydroxylation sites is 2. The summed E-state index contributed by atoms with van der Waals surface area (Å²) in [6.45, 7) is 0.548. The molecular formula is C43H40N4O8S2. The molecule has 12 nitrogen and oxygen atoms in total. The number of Topliss-reactive ketones (excluding diaryl/α,β-unsaturated/α-hetero) is 2. The van der Waals surface area contributed by atoms with Gasteiger partial charge in [-0.3, -0.25) is 29.0 Å². The van der Waals surface area contributed by atoms with Crippen LogP contribution in [0.2, 0.25) is 0 Å². The molecule has 57 heavy (non-hydrogen) atoms. The summed E-state index contributed by atoms with van der Waals surface area (Å²) >= 11 is 3.31. The number of rotatable bonds is 8. The third-order valence-electron chi connectivity index (χ3n) is 13.2. The highest BCUT2D eigenvalue weighted by atomic mass is 32.2. The minimum atomic E-state index is -1.40. The predicted octanol–water partition coefficient (Wildman–Crippen LogP) is 5.22. The second-order valence-electron chi connectivity index (χ2n) is 15.5. The maximum atomic E-state index is 15.5. The van der Waals surface area contributed by atoms with E-state index in [2.05, 4.69) is 20.4 Å². The number of methoxy groups -OCH3 is 2. The predicted molar refractivity (Wildman–Crippen MR) is 216 cm³/mol. The number of hydrogen-bond acceptors (Lipinski definition) is 12. The van der Waals surface area contributed by atoms with Crippen LogP contribution in [0.3, 0.4) is 0 Å². The number of aromatic hydroxyl groups is 2. The molecule has 6 aliphatic rings. The van der Waals surface area contributed by atoms with Gasteiger partial charge in [0.05, 0.1) is 31.9 Å². The van der Waals surface area contributed by atoms with Crippen molar-refractivity contribution in [1.29, 1.82) is 0 Å². The van der Waals surface area contributed by atoms with Gasteiger partial charge in [0, 0.05) is 70.2 Å². The number of amides is 2. The van der Waals surface area contributed by atoms with Crippen LogP contribution in [0.25, 0.3) is 0 Å². The van der Waals surface area contributed by atoms with Crippen LogP contribution >= 0.6 is 23.5 Å². The van der Waals surface area contributed by atoms with Crippen molar-refractivity contribution >= 4 is 58.3 Å². The zero-order chi connectivity index (χ0) is 39.4. The fraction of sp³-hybridized carbons (Fsp3) is 0.349. The summed E-state index contributed by atoms with van der Waals surface area (Å²) in [5.41, 5.74) is 1.37. The molecule has 6 aliphatic heterocycles. The number of nitrogens with one attached hydrogen (secondary N) is 2. The minimum Gasteiger partial charge on any atom is -0.504 e. The molecule has 4 saturated heterocycles. The molecule has 4 aromatic carbocycles. The molecule has 292 valence electrons. The summed E-state index contributed by atoms with van der Waals surface area (Å²) in [4.78, 5) is 64.5. The monoisotopic (exact) mass is 804 g/mol. The van der Waals surface area contributed by atoms with Gasteiger partial charge in [0.2, 0.25) is 11.8 Å². The first kappa shape index (κ1) is 36.3. The van der Waals surface area contributed by atoms with Gasteiger partial charge in [0.15, 0.2) is 23.0 Å². The van der Waals surface area contributed by atoms with Gasteiger partial charge in [-0.15, -0.1) is 23.5 Å². The zero-order valence-corrected chi connectivity index (χ0v) is 32.8. The molecule has 8 unspecified atom stereocenters. The summed E-state index contributed by atoms with van der Waals surface area (Å²) in [6.07, 6.45) is -0.476. The third kappa shape index (κ3) is 4.84. The van der Waals surface area contributed by atoms with E-state index in [1.165, 1.54) is 20.3 Å². The van der Waals surface area contributed by atoms with E-state index in [9.17, 15) is 19.8 Å². The standard InChI is InChI=1S/C43H40N4O8S2/c1-54-33-14-12-22(17-30(33)49)35-38(43(46-15-16-57-39(35)46)25-8-4-6-10-27(25)45-41(43)53)32(51)19-31(50)36-28-20-56-21-47(28)42(24-7-3-5-9-26(24)44-40(42)52)37(36)23-11-13-29(48)34(18-23)55-2/h3-14,17-18,28,35-39,48-49H,15-16,19-21H2,1-2H3,(H,44,52)(H,45,53). The molecule has 14 heteroatoms. The molecule has 8 atom stereocenters. The van der Waals surface area contributed by atoms with Crippen LogP contribution in [0.15, 0.2) is 84.9 Å². The van der Waals surface area contributed by atoms with E-state index >= 15 is 9.59 Å². The van der Waals surface area contributed by atoms with Gasteiger partial charge >= 0.3 is 0 Å². The van der Waals surface area contributed by atoms with E-state index < -0.39 is 47.2 Å². The maximum Gasteiger partial charge on any atom is 0.250 e. The second-order valence-corrected chi connectivity index (χ2v) is 17.7. The minimum absolute atomic E-state index is 0.0747. The highest BCUT2D eigenvalue weighted by molar-refractivity contribution is 8.00. The Kier molecular flexibility index (Phi) is 8.45. The highest BCUT2D eigenvalue weighted by Gasteiger charge is 2.72. The number of carbonyl (C=O) groups is 4. The van der Waals surface area contributed by atoms with Crippen LogP contribution in [0.5, 0.6) is 23.0 Å². The van der Waals surface area contributed by atoms with Crippen molar-refractivity contribution in [2.75, 3.05) is 48.8 Å². The quantitative estimate of drug-likeness (QED) is 0.173. The number of benzene rings is 4. The Morgan fingerprint density at radius 3 is 2.16 bits per heavy atom. The number of phenols is 2. The van der Waals surface area contributed by atoms with E-state index in [0.717, 1.165) is 11.3 Å². The highest BCUT2D eigenvalue weighted by Crippen LogP contribution is 2.65. The summed E-state index contributed by atoms with van der Waals surface area (Å²) in [5.74, 6) is -2.24. The van der Waals surface area contributed by atoms with Gasteiger partial charge in [-0.05, 0) is 47.5 Å². The fourth-order valence-electron chi connectivity index (χ4n) is 11.1. The average molecular weight is 805 g/mol. The number of phenolic OH excluding ortho intramolecular Hbond substituents is 2. The first-order valence-corrected chi connectivity index (χ1v) is 21.2. The van der Waals surface area contributed by atoms with Crippen molar-refractivity contribution in [2.24, 2.45) is 11.8 Å². The van der Waals surface area contributed by atoms with Crippen LogP contribution < -0.4 is 20.1 Å². The lowest BCUT2D eigenvalue weighted by Crippen LogP contribution is -2.53. The van der Waals surface area contributed by atoms with Gasteiger partial charge in [0.25, 0.3) is 0 Å². The topological polar surface area (TPSA) is 158 Å². The molecule has 2 amide bonds. The van der Waals surface area contributed by atoms with Crippen LogP contribution in [-0.4, -0.2) is 93.0 Å². The molecular weight excluding hydrogens is 765 g/mol. The second kappa shape index (κ2) is 13.3. The van der Waals surface area contributed by atoms with Gasteiger partial charge < -0.3 is 30.3 Å². The van der Waals surface area contributed by atoms with E-state index in [0.29, 0.717) is 46.2 Å². The van der Waals surface area contributed by atoms with Gasteiger partial charge in [0.1, 0.15) is 22.6 Å². The Labute approximate surface area is 337 Å². The number of ether oxygens (including phenoxy) is 2. The molecule has 2 spiro atoms. The van der Waals surface area contributed by atoms with Gasteiger partial charge in [-0.2, -0.15) is 0 Å². The molecule has 0 saturated carbocycles. The Hall–Kier alpha value is -5.02. The molecule has 10 rings (SSSR count). The molecule has 0 aliphatic carbocycles. The average Bonchev–Trinajstić information content (AvgIpc) is 4.05. The molecule has 4 aromatic rings. The van der Waals surface area contributed by atoms with Gasteiger partial charge in [-0.1, -0.05) is 48.5 Å². The van der Waals surface area contributed by atoms with Crippen molar-refractivity contribution in [1.82, 2.24) is 9.80 Å². The molecule has 0 bridgehead atoms. The summed E-state index contributed by atoms with van der Waals surface area (Å²) < 4.78 is 10.9. The largest absolute Gasteiger partial charge is 0.504 e. The third-order valence-corrected chi connectivity index (χ3v) is 15.5. The molecule has 6 heterocycles. The van der Waals surface area contributed by atoms with E-state index in [4.69, 9.17) is 9.47 Å². The summed E-state index contributed by atoms with van der Waals surface area (Å²) in [5, 5.41) is 27.6. The first-order chi connectivity index (χ1) is 27.7. The first-order valence-electron chi connectivity index (χ1n) is 19.0. The number of thioether (sulfide) groups is 2. The normalized spacial score (nSPS) is 30.9. The Morgan fingerprint density at radius 2 is 1.46 bits per heavy atom. The van der Waals surface area contributed by atoms with Crippen molar-refractivity contribution < 1.29 is 38.9 Å². The van der Waals surface area contributed by atoms with Crippen molar-refractivity contribution in [3.63, 3.8) is 0 Å². The molecule has 4 fully saturated rings. The number of anilines is 2. The van der Waals surface area contributed by atoms with E-state index in [1.807, 2.05) is 54.6 Å². The number of ketones is 2. The number of hydrogen-bond donors (Lipinski definition) is 4. The Morgan fingerprint density at radius 1 is 0.789 bits per heavy atom. The van der Waals surface area contributed by atoms with E-state index in [1.54, 1.807) is 47.8 Å². The van der Waals surface area contributed by atoms with Gasteiger partial charge in [-0.25, -0.2) is 0 Å². The van der Waals surface area contributed by atoms with Crippen molar-refractivity contribution in [3.8, 4) is 23.0 Å². The van der Waals surface area contributed by atoms with Crippen LogP contribution in [-0.2, 0) is 30.3 Å². The van der Waals surface area contributed by atoms with Crippen LogP contribution in [0, 0.1) is 11.8 Å². The Balaban J connectivity index is 1.12. The SMILES string of the molecule is COc1ccc(C2C3SCCN3C3(C(=O)Nc4ccccc43)C2C(=O)CC(=O)C2C3CSCN3C3(C(=O)Nc4ccccc43)C2c2ccc(O)c(OC)c2)cc1O.